The minimum absolute atomic E-state index is 0.0714. The van der Waals surface area contributed by atoms with Crippen molar-refractivity contribution in [1.82, 2.24) is 0 Å². The third-order valence-corrected chi connectivity index (χ3v) is 6.20. The molecule has 0 radical (unpaired) electrons. The summed E-state index contributed by atoms with van der Waals surface area (Å²) in [5, 5.41) is 12.0. The third-order valence-electron chi connectivity index (χ3n) is 6.20. The Morgan fingerprint density at radius 1 is 1.25 bits per heavy atom. The molecular weight excluding hydrogens is 350 g/mol. The van der Waals surface area contributed by atoms with Gasteiger partial charge in [0.1, 0.15) is 17.1 Å². The zero-order valence-electron chi connectivity index (χ0n) is 16.2. The van der Waals surface area contributed by atoms with Crippen molar-refractivity contribution in [3.05, 3.63) is 47.7 Å². The van der Waals surface area contributed by atoms with Crippen LogP contribution in [0.3, 0.4) is 0 Å². The molecule has 1 aliphatic rings. The van der Waals surface area contributed by atoms with Crippen LogP contribution in [0.25, 0.3) is 21.7 Å². The minimum atomic E-state index is -0.334. The first-order valence-corrected chi connectivity index (χ1v) is 9.86. The molecule has 1 saturated carbocycles. The first kappa shape index (κ1) is 18.4. The Kier molecular flexibility index (Phi) is 4.77. The molecule has 0 N–H and O–H groups in total. The molecule has 28 heavy (non-hydrogen) atoms. The van der Waals surface area contributed by atoms with Gasteiger partial charge >= 0.3 is 0 Å². The lowest BCUT2D eigenvalue weighted by molar-refractivity contribution is -0.129. The number of nitrogens with zero attached hydrogens (tertiary/aromatic N) is 1. The van der Waals surface area contributed by atoms with E-state index in [2.05, 4.69) is 13.0 Å². The molecule has 4 rings (SSSR count). The molecule has 4 heteroatoms. The molecule has 4 nitrogen and oxygen atoms in total. The van der Waals surface area contributed by atoms with Gasteiger partial charge in [-0.15, -0.1) is 0 Å². The lowest BCUT2D eigenvalue weighted by Gasteiger charge is -2.35. The van der Waals surface area contributed by atoms with E-state index in [1.807, 2.05) is 24.3 Å². The van der Waals surface area contributed by atoms with E-state index in [9.17, 15) is 14.9 Å². The van der Waals surface area contributed by atoms with Crippen LogP contribution in [0.4, 0.5) is 0 Å². The SMILES string of the molecule is CC(=O)CCC(C(=O)C1CCC1C)c1coc2ccc3cc(C#N)ccc3c12. The van der Waals surface area contributed by atoms with Crippen LogP contribution >= 0.6 is 0 Å². The van der Waals surface area contributed by atoms with E-state index < -0.39 is 0 Å². The molecule has 1 heterocycles. The largest absolute Gasteiger partial charge is 0.464 e. The first-order chi connectivity index (χ1) is 13.5. The molecule has 3 unspecified atom stereocenters. The summed E-state index contributed by atoms with van der Waals surface area (Å²) in [5.74, 6) is 0.464. The fourth-order valence-electron chi connectivity index (χ4n) is 4.36. The smallest absolute Gasteiger partial charge is 0.143 e. The Bertz CT molecular complexity index is 1120. The molecule has 0 aliphatic heterocycles. The van der Waals surface area contributed by atoms with E-state index in [1.165, 1.54) is 0 Å². The highest BCUT2D eigenvalue weighted by Crippen LogP contribution is 2.42. The summed E-state index contributed by atoms with van der Waals surface area (Å²) in [7, 11) is 0. The van der Waals surface area contributed by atoms with E-state index in [0.717, 1.165) is 40.1 Å². The van der Waals surface area contributed by atoms with Crippen LogP contribution in [0, 0.1) is 23.2 Å². The highest BCUT2D eigenvalue weighted by Gasteiger charge is 2.38. The summed E-state index contributed by atoms with van der Waals surface area (Å²) in [6.45, 7) is 3.69. The maximum absolute atomic E-state index is 13.3. The van der Waals surface area contributed by atoms with Crippen molar-refractivity contribution in [3.8, 4) is 6.07 Å². The average Bonchev–Trinajstić information content (AvgIpc) is 3.10. The highest BCUT2D eigenvalue weighted by atomic mass is 16.3. The molecule has 3 atom stereocenters. The van der Waals surface area contributed by atoms with Gasteiger partial charge in [0.25, 0.3) is 0 Å². The van der Waals surface area contributed by atoms with Gasteiger partial charge < -0.3 is 9.21 Å². The Labute approximate surface area is 164 Å². The Morgan fingerprint density at radius 3 is 2.71 bits per heavy atom. The number of carbonyl (C=O) groups excluding carboxylic acids is 2. The number of benzene rings is 2. The van der Waals surface area contributed by atoms with Gasteiger partial charge in [-0.1, -0.05) is 19.1 Å². The maximum Gasteiger partial charge on any atom is 0.143 e. The van der Waals surface area contributed by atoms with Crippen LogP contribution in [0.15, 0.2) is 41.0 Å². The molecule has 0 amide bonds. The van der Waals surface area contributed by atoms with Gasteiger partial charge in [-0.05, 0) is 61.1 Å². The summed E-state index contributed by atoms with van der Waals surface area (Å²) in [6, 6.07) is 11.6. The fraction of sp³-hybridized carbons (Fsp3) is 0.375. The van der Waals surface area contributed by atoms with Crippen molar-refractivity contribution in [2.75, 3.05) is 0 Å². The van der Waals surface area contributed by atoms with Crippen LogP contribution in [0.2, 0.25) is 0 Å². The van der Waals surface area contributed by atoms with E-state index in [0.29, 0.717) is 24.3 Å². The second kappa shape index (κ2) is 7.24. The van der Waals surface area contributed by atoms with Gasteiger partial charge in [0.15, 0.2) is 0 Å². The molecular formula is C24H23NO3. The van der Waals surface area contributed by atoms with Gasteiger partial charge in [0.2, 0.25) is 0 Å². The highest BCUT2D eigenvalue weighted by molar-refractivity contribution is 6.09. The normalized spacial score (nSPS) is 19.9. The summed E-state index contributed by atoms with van der Waals surface area (Å²) in [4.78, 5) is 25.0. The lowest BCUT2D eigenvalue weighted by atomic mass is 9.68. The van der Waals surface area contributed by atoms with Crippen molar-refractivity contribution in [2.24, 2.45) is 11.8 Å². The number of carbonyl (C=O) groups is 2. The molecule has 0 saturated heterocycles. The van der Waals surface area contributed by atoms with Gasteiger partial charge in [-0.3, -0.25) is 4.79 Å². The van der Waals surface area contributed by atoms with Crippen LogP contribution in [-0.2, 0) is 9.59 Å². The third kappa shape index (κ3) is 3.11. The van der Waals surface area contributed by atoms with Crippen LogP contribution < -0.4 is 0 Å². The quantitative estimate of drug-likeness (QED) is 0.570. The number of hydrogen-bond donors (Lipinski definition) is 0. The summed E-state index contributed by atoms with van der Waals surface area (Å²) in [6.07, 6.45) is 4.60. The topological polar surface area (TPSA) is 71.1 Å². The number of ketones is 2. The molecule has 1 fully saturated rings. The monoisotopic (exact) mass is 373 g/mol. The van der Waals surface area contributed by atoms with E-state index >= 15 is 0 Å². The van der Waals surface area contributed by atoms with Crippen LogP contribution in [0.5, 0.6) is 0 Å². The van der Waals surface area contributed by atoms with Crippen molar-refractivity contribution in [1.29, 1.82) is 5.26 Å². The molecule has 3 aromatic rings. The maximum atomic E-state index is 13.3. The molecule has 0 bridgehead atoms. The van der Waals surface area contributed by atoms with Gasteiger partial charge in [0.05, 0.1) is 17.9 Å². The Hall–Kier alpha value is -2.93. The van der Waals surface area contributed by atoms with E-state index in [1.54, 1.807) is 19.3 Å². The Balaban J connectivity index is 1.85. The number of fused-ring (bicyclic) bond motifs is 3. The van der Waals surface area contributed by atoms with Gasteiger partial charge in [-0.25, -0.2) is 0 Å². The predicted octanol–water partition coefficient (Wildman–Crippen LogP) is 5.53. The number of Topliss-reactive ketones (excluding diaryl/α,β-unsaturated/α-hetero) is 2. The zero-order valence-corrected chi connectivity index (χ0v) is 16.2. The number of rotatable bonds is 6. The second-order valence-electron chi connectivity index (χ2n) is 8.03. The summed E-state index contributed by atoms with van der Waals surface area (Å²) in [5.41, 5.74) is 2.20. The second-order valence-corrected chi connectivity index (χ2v) is 8.03. The van der Waals surface area contributed by atoms with Crippen LogP contribution in [0.1, 0.15) is 56.6 Å². The first-order valence-electron chi connectivity index (χ1n) is 9.86. The molecule has 2 aromatic carbocycles. The van der Waals surface area contributed by atoms with Crippen molar-refractivity contribution in [3.63, 3.8) is 0 Å². The molecule has 1 aromatic heterocycles. The van der Waals surface area contributed by atoms with Crippen molar-refractivity contribution in [2.45, 2.75) is 45.4 Å². The van der Waals surface area contributed by atoms with Gasteiger partial charge in [-0.2, -0.15) is 5.26 Å². The van der Waals surface area contributed by atoms with E-state index in [-0.39, 0.29) is 23.4 Å². The standard InChI is InChI=1S/C24H23NO3/c1-14-3-7-18(14)24(27)20(8-4-15(2)26)21-13-28-22-10-6-17-11-16(12-25)5-9-19(17)23(21)22/h5-6,9-11,13-14,18,20H,3-4,7-8H2,1-2H3. The van der Waals surface area contributed by atoms with Crippen molar-refractivity contribution < 1.29 is 14.0 Å². The predicted molar refractivity (Wildman–Crippen MR) is 108 cm³/mol. The summed E-state index contributed by atoms with van der Waals surface area (Å²) >= 11 is 0. The number of hydrogen-bond acceptors (Lipinski definition) is 4. The minimum Gasteiger partial charge on any atom is -0.464 e. The molecule has 0 spiro atoms. The molecule has 1 aliphatic carbocycles. The zero-order chi connectivity index (χ0) is 19.8. The van der Waals surface area contributed by atoms with E-state index in [4.69, 9.17) is 4.42 Å². The average molecular weight is 373 g/mol. The van der Waals surface area contributed by atoms with Gasteiger partial charge in [0, 0.05) is 29.2 Å². The number of nitriles is 1. The Morgan fingerprint density at radius 2 is 2.07 bits per heavy atom. The number of furan rings is 1. The lowest BCUT2D eigenvalue weighted by Crippen LogP contribution is -2.34. The molecule has 142 valence electrons. The summed E-state index contributed by atoms with van der Waals surface area (Å²) < 4.78 is 5.81. The van der Waals surface area contributed by atoms with Crippen molar-refractivity contribution >= 4 is 33.3 Å². The van der Waals surface area contributed by atoms with Crippen LogP contribution in [-0.4, -0.2) is 11.6 Å². The fourth-order valence-corrected chi connectivity index (χ4v) is 4.36.